The Hall–Kier alpha value is -0.0700. The zero-order chi connectivity index (χ0) is 19.1. The Morgan fingerprint density at radius 3 is 2.46 bits per heavy atom. The highest BCUT2D eigenvalue weighted by atomic mass is 79.9. The Labute approximate surface area is 170 Å². The zero-order valence-electron chi connectivity index (χ0n) is 16.7. The highest BCUT2D eigenvalue weighted by Gasteiger charge is 2.51. The smallest absolute Gasteiger partial charge is 0.137 e. The van der Waals surface area contributed by atoms with Crippen LogP contribution >= 0.6 is 15.9 Å². The van der Waals surface area contributed by atoms with Crippen LogP contribution in [-0.2, 0) is 22.5 Å². The predicted molar refractivity (Wildman–Crippen MR) is 113 cm³/mol. The lowest BCUT2D eigenvalue weighted by Crippen LogP contribution is -2.51. The van der Waals surface area contributed by atoms with E-state index in [0.717, 1.165) is 36.6 Å². The van der Waals surface area contributed by atoms with Crippen molar-refractivity contribution in [2.45, 2.75) is 76.2 Å². The number of benzene rings is 1. The summed E-state index contributed by atoms with van der Waals surface area (Å²) in [6.45, 7) is 6.20. The van der Waals surface area contributed by atoms with Gasteiger partial charge in [0.1, 0.15) is 4.75 Å². The van der Waals surface area contributed by atoms with E-state index >= 15 is 0 Å². The number of hydrogen-bond acceptors (Lipinski definition) is 3. The Morgan fingerprint density at radius 2 is 1.88 bits per heavy atom. The number of rotatable bonds is 3. The largest absolute Gasteiger partial charge is 0.597 e. The highest BCUT2D eigenvalue weighted by molar-refractivity contribution is 9.10. The van der Waals surface area contributed by atoms with Gasteiger partial charge in [0.25, 0.3) is 0 Å². The molecule has 5 heteroatoms. The van der Waals surface area contributed by atoms with Crippen LogP contribution in [-0.4, -0.2) is 33.9 Å². The summed E-state index contributed by atoms with van der Waals surface area (Å²) >= 11 is 2.62. The summed E-state index contributed by atoms with van der Waals surface area (Å²) in [5, 5.41) is 0. The summed E-state index contributed by atoms with van der Waals surface area (Å²) in [5.74, 6) is 0. The first-order chi connectivity index (χ1) is 12.2. The first-order valence-electron chi connectivity index (χ1n) is 9.64. The molecule has 0 saturated heterocycles. The molecule has 1 aromatic carbocycles. The molecule has 1 fully saturated rings. The fraction of sp³-hybridized carbons (Fsp3) is 0.714. The second kappa shape index (κ2) is 7.75. The van der Waals surface area contributed by atoms with Crippen LogP contribution in [0.5, 0.6) is 0 Å². The molecule has 146 valence electrons. The summed E-state index contributed by atoms with van der Waals surface area (Å²) in [7, 11) is 3.89. The summed E-state index contributed by atoms with van der Waals surface area (Å²) in [6.07, 6.45) is 7.17. The van der Waals surface area contributed by atoms with E-state index in [4.69, 9.17) is 4.74 Å². The third-order valence-corrected chi connectivity index (χ3v) is 8.56. The van der Waals surface area contributed by atoms with Gasteiger partial charge in [-0.2, -0.15) is 0 Å². The molecule has 0 aliphatic heterocycles. The van der Waals surface area contributed by atoms with Crippen molar-refractivity contribution in [1.29, 1.82) is 0 Å². The van der Waals surface area contributed by atoms with E-state index in [9.17, 15) is 4.55 Å². The topological polar surface area (TPSA) is 35.5 Å². The second-order valence-corrected chi connectivity index (χ2v) is 12.2. The number of fused-ring (bicyclic) bond motifs is 1. The van der Waals surface area contributed by atoms with Gasteiger partial charge in [0.15, 0.2) is 0 Å². The average Bonchev–Trinajstić information content (AvgIpc) is 2.60. The number of halogens is 1. The molecule has 2 aliphatic rings. The molecule has 2 atom stereocenters. The molecule has 0 heterocycles. The number of methoxy groups -OCH3 is 1. The van der Waals surface area contributed by atoms with Crippen LogP contribution in [0.3, 0.4) is 0 Å². The third-order valence-electron chi connectivity index (χ3n) is 6.29. The van der Waals surface area contributed by atoms with E-state index in [0.29, 0.717) is 6.10 Å². The first-order valence-corrected chi connectivity index (χ1v) is 11.5. The molecule has 0 bridgehead atoms. The summed E-state index contributed by atoms with van der Waals surface area (Å²) in [5.41, 5.74) is 2.97. The second-order valence-electron chi connectivity index (χ2n) is 8.95. The van der Waals surface area contributed by atoms with Crippen LogP contribution in [0.25, 0.3) is 0 Å². The Morgan fingerprint density at radius 1 is 1.23 bits per heavy atom. The molecule has 0 N–H and O–H groups in total. The van der Waals surface area contributed by atoms with Crippen LogP contribution in [0.1, 0.15) is 70.0 Å². The van der Waals surface area contributed by atoms with Gasteiger partial charge in [-0.3, -0.25) is 0 Å². The van der Waals surface area contributed by atoms with Gasteiger partial charge < -0.3 is 9.29 Å². The Balaban J connectivity index is 2.02. The molecule has 1 saturated carbocycles. The van der Waals surface area contributed by atoms with Crippen LogP contribution in [0.4, 0.5) is 0 Å². The monoisotopic (exact) mass is 441 g/mol. The fourth-order valence-corrected chi connectivity index (χ4v) is 6.70. The minimum absolute atomic E-state index is 0.193. The zero-order valence-corrected chi connectivity index (χ0v) is 19.1. The number of ether oxygens (including phenoxy) is 1. The lowest BCUT2D eigenvalue weighted by Gasteiger charge is -2.52. The SMILES string of the molecule is COC1CCC2(CCc3ccc(Br)cc3C2N(C)[S+]([O-])C(C)(C)C)CC1. The van der Waals surface area contributed by atoms with E-state index in [1.54, 1.807) is 0 Å². The minimum atomic E-state index is -1.04. The van der Waals surface area contributed by atoms with Crippen molar-refractivity contribution in [2.24, 2.45) is 5.41 Å². The number of hydrogen-bond donors (Lipinski definition) is 0. The number of aryl methyl sites for hydroxylation is 1. The maximum Gasteiger partial charge on any atom is 0.137 e. The molecular formula is C21H32BrNO2S. The molecule has 0 amide bonds. The lowest BCUT2D eigenvalue weighted by atomic mass is 9.60. The van der Waals surface area contributed by atoms with Crippen molar-refractivity contribution in [3.8, 4) is 0 Å². The van der Waals surface area contributed by atoms with Gasteiger partial charge >= 0.3 is 0 Å². The lowest BCUT2D eigenvalue weighted by molar-refractivity contribution is -0.0103. The average molecular weight is 442 g/mol. The quantitative estimate of drug-likeness (QED) is 0.588. The fourth-order valence-electron chi connectivity index (χ4n) is 4.93. The van der Waals surface area contributed by atoms with Gasteiger partial charge in [-0.15, -0.1) is 4.31 Å². The number of nitrogens with zero attached hydrogens (tertiary/aromatic N) is 1. The molecular weight excluding hydrogens is 410 g/mol. The van der Waals surface area contributed by atoms with E-state index in [1.165, 1.54) is 17.5 Å². The summed E-state index contributed by atoms with van der Waals surface area (Å²) in [4.78, 5) is 0. The highest BCUT2D eigenvalue weighted by Crippen LogP contribution is 2.56. The Kier molecular flexibility index (Phi) is 6.15. The van der Waals surface area contributed by atoms with Crippen LogP contribution in [0.15, 0.2) is 22.7 Å². The summed E-state index contributed by atoms with van der Waals surface area (Å²) in [6, 6.07) is 6.84. The molecule has 2 unspecified atom stereocenters. The van der Waals surface area contributed by atoms with Crippen molar-refractivity contribution >= 4 is 27.3 Å². The maximum atomic E-state index is 13.3. The van der Waals surface area contributed by atoms with E-state index in [-0.39, 0.29) is 16.2 Å². The maximum absolute atomic E-state index is 13.3. The van der Waals surface area contributed by atoms with E-state index in [1.807, 2.05) is 7.11 Å². The minimum Gasteiger partial charge on any atom is -0.597 e. The first kappa shape index (κ1) is 20.7. The third kappa shape index (κ3) is 3.88. The van der Waals surface area contributed by atoms with Crippen LogP contribution < -0.4 is 0 Å². The van der Waals surface area contributed by atoms with Gasteiger partial charge in [0.05, 0.1) is 12.1 Å². The van der Waals surface area contributed by atoms with E-state index < -0.39 is 11.4 Å². The van der Waals surface area contributed by atoms with Crippen molar-refractivity contribution in [2.75, 3.05) is 14.2 Å². The standard InChI is InChI=1S/C21H32BrNO2S/c1-20(2,3)26(24)23(4)19-18-14-16(22)7-6-15(18)8-11-21(19)12-9-17(25-5)10-13-21/h6-7,14,17,19H,8-13H2,1-5H3. The molecule has 26 heavy (non-hydrogen) atoms. The molecule has 0 aromatic heterocycles. The Bertz CT molecular complexity index is 637. The van der Waals surface area contributed by atoms with Crippen LogP contribution in [0, 0.1) is 5.41 Å². The van der Waals surface area contributed by atoms with Gasteiger partial charge in [-0.05, 0) is 88.0 Å². The van der Waals surface area contributed by atoms with Crippen molar-refractivity contribution in [1.82, 2.24) is 4.31 Å². The molecule has 0 radical (unpaired) electrons. The van der Waals surface area contributed by atoms with Gasteiger partial charge in [-0.25, -0.2) is 0 Å². The van der Waals surface area contributed by atoms with Gasteiger partial charge in [0, 0.05) is 30.0 Å². The van der Waals surface area contributed by atoms with Gasteiger partial charge in [-0.1, -0.05) is 22.0 Å². The molecule has 2 aliphatic carbocycles. The predicted octanol–water partition coefficient (Wildman–Crippen LogP) is 5.41. The molecule has 3 rings (SSSR count). The van der Waals surface area contributed by atoms with Gasteiger partial charge in [0.2, 0.25) is 0 Å². The van der Waals surface area contributed by atoms with Crippen molar-refractivity contribution < 1.29 is 9.29 Å². The molecule has 3 nitrogen and oxygen atoms in total. The molecule has 1 aromatic rings. The van der Waals surface area contributed by atoms with Crippen LogP contribution in [0.2, 0.25) is 0 Å². The van der Waals surface area contributed by atoms with Crippen molar-refractivity contribution in [3.63, 3.8) is 0 Å². The normalized spacial score (nSPS) is 30.5. The van der Waals surface area contributed by atoms with Crippen molar-refractivity contribution in [3.05, 3.63) is 33.8 Å². The molecule has 1 spiro atoms. The summed E-state index contributed by atoms with van der Waals surface area (Å²) < 4.78 is 21.9. The van der Waals surface area contributed by atoms with E-state index in [2.05, 4.69) is 66.3 Å².